The van der Waals surface area contributed by atoms with Gasteiger partial charge in [0.2, 0.25) is 0 Å². The molecule has 0 spiro atoms. The van der Waals surface area contributed by atoms with E-state index in [0.29, 0.717) is 36.0 Å². The van der Waals surface area contributed by atoms with Crippen molar-refractivity contribution in [3.63, 3.8) is 0 Å². The lowest BCUT2D eigenvalue weighted by molar-refractivity contribution is 0.102. The van der Waals surface area contributed by atoms with E-state index in [1.807, 2.05) is 103 Å². The molecule has 0 aliphatic rings. The Hall–Kier alpha value is -4.05. The standard InChI is InChI=1S/C31H31NO3/c1-31(2,3)26-19-17-25(18-20-26)30(33)32-29-27(34-21-23-11-6-4-7-12-23)15-10-16-28(29)35-22-24-13-8-5-9-14-24/h4-20H,21-22H2,1-3H3,(H,32,33). The molecule has 0 radical (unpaired) electrons. The molecule has 0 aliphatic heterocycles. The fraction of sp³-hybridized carbons (Fsp3) is 0.194. The second-order valence-corrected chi connectivity index (χ2v) is 9.46. The van der Waals surface area contributed by atoms with Gasteiger partial charge in [0.25, 0.3) is 5.91 Å². The monoisotopic (exact) mass is 465 g/mol. The minimum Gasteiger partial charge on any atom is -0.487 e. The summed E-state index contributed by atoms with van der Waals surface area (Å²) in [5.74, 6) is 0.893. The maximum absolute atomic E-state index is 13.2. The molecule has 0 unspecified atom stereocenters. The van der Waals surface area contributed by atoms with E-state index in [1.54, 1.807) is 0 Å². The SMILES string of the molecule is CC(C)(C)c1ccc(C(=O)Nc2c(OCc3ccccc3)cccc2OCc2ccccc2)cc1. The number of carbonyl (C=O) groups excluding carboxylic acids is 1. The fourth-order valence-electron chi connectivity index (χ4n) is 3.65. The van der Waals surface area contributed by atoms with Crippen LogP contribution in [-0.2, 0) is 18.6 Å². The highest BCUT2D eigenvalue weighted by Gasteiger charge is 2.18. The van der Waals surface area contributed by atoms with Crippen molar-refractivity contribution in [3.8, 4) is 11.5 Å². The van der Waals surface area contributed by atoms with Crippen molar-refractivity contribution >= 4 is 11.6 Å². The van der Waals surface area contributed by atoms with Crippen LogP contribution < -0.4 is 14.8 Å². The molecule has 0 saturated carbocycles. The number of rotatable bonds is 8. The number of para-hydroxylation sites is 1. The zero-order valence-corrected chi connectivity index (χ0v) is 20.5. The van der Waals surface area contributed by atoms with E-state index in [2.05, 4.69) is 26.1 Å². The molecule has 0 bridgehead atoms. The summed E-state index contributed by atoms with van der Waals surface area (Å²) < 4.78 is 12.2. The van der Waals surface area contributed by atoms with Gasteiger partial charge >= 0.3 is 0 Å². The number of hydrogen-bond acceptors (Lipinski definition) is 3. The minimum atomic E-state index is -0.217. The summed E-state index contributed by atoms with van der Waals surface area (Å²) in [4.78, 5) is 13.2. The van der Waals surface area contributed by atoms with Crippen molar-refractivity contribution in [2.45, 2.75) is 39.4 Å². The number of ether oxygens (including phenoxy) is 2. The van der Waals surface area contributed by atoms with Crippen molar-refractivity contribution in [3.05, 3.63) is 125 Å². The van der Waals surface area contributed by atoms with Crippen molar-refractivity contribution in [2.75, 3.05) is 5.32 Å². The van der Waals surface area contributed by atoms with Crippen LogP contribution in [0.25, 0.3) is 0 Å². The van der Waals surface area contributed by atoms with Gasteiger partial charge in [-0.3, -0.25) is 4.79 Å². The van der Waals surface area contributed by atoms with Gasteiger partial charge in [0.15, 0.2) is 0 Å². The number of anilines is 1. The van der Waals surface area contributed by atoms with Gasteiger partial charge in [-0.2, -0.15) is 0 Å². The Morgan fingerprint density at radius 1 is 0.657 bits per heavy atom. The molecule has 1 N–H and O–H groups in total. The Morgan fingerprint density at radius 2 is 1.14 bits per heavy atom. The Bertz CT molecular complexity index is 1180. The summed E-state index contributed by atoms with van der Waals surface area (Å²) in [5, 5.41) is 3.04. The maximum Gasteiger partial charge on any atom is 0.255 e. The fourth-order valence-corrected chi connectivity index (χ4v) is 3.65. The van der Waals surface area contributed by atoms with Crippen LogP contribution in [0.2, 0.25) is 0 Å². The zero-order valence-electron chi connectivity index (χ0n) is 20.5. The van der Waals surface area contributed by atoms with Gasteiger partial charge in [-0.05, 0) is 46.4 Å². The highest BCUT2D eigenvalue weighted by atomic mass is 16.5. The molecular formula is C31H31NO3. The molecule has 178 valence electrons. The Balaban J connectivity index is 1.58. The lowest BCUT2D eigenvalue weighted by Crippen LogP contribution is -2.15. The third-order valence-electron chi connectivity index (χ3n) is 5.71. The van der Waals surface area contributed by atoms with Crippen LogP contribution in [0.1, 0.15) is 47.8 Å². The van der Waals surface area contributed by atoms with E-state index in [1.165, 1.54) is 5.56 Å². The maximum atomic E-state index is 13.2. The molecule has 0 aromatic heterocycles. The van der Waals surface area contributed by atoms with E-state index in [0.717, 1.165) is 11.1 Å². The number of nitrogens with one attached hydrogen (secondary N) is 1. The number of benzene rings is 4. The van der Waals surface area contributed by atoms with Gasteiger partial charge < -0.3 is 14.8 Å². The average molecular weight is 466 g/mol. The van der Waals surface area contributed by atoms with Gasteiger partial charge in [-0.15, -0.1) is 0 Å². The van der Waals surface area contributed by atoms with Crippen LogP contribution in [0, 0.1) is 0 Å². The molecule has 1 amide bonds. The molecule has 4 heteroatoms. The van der Waals surface area contributed by atoms with E-state index < -0.39 is 0 Å². The van der Waals surface area contributed by atoms with Gasteiger partial charge in [-0.25, -0.2) is 0 Å². The van der Waals surface area contributed by atoms with Crippen molar-refractivity contribution in [1.82, 2.24) is 0 Å². The van der Waals surface area contributed by atoms with Crippen molar-refractivity contribution in [2.24, 2.45) is 0 Å². The first-order valence-corrected chi connectivity index (χ1v) is 11.8. The summed E-state index contributed by atoms with van der Waals surface area (Å²) in [6, 6.07) is 33.1. The molecule has 4 nitrogen and oxygen atoms in total. The van der Waals surface area contributed by atoms with Crippen LogP contribution in [0.5, 0.6) is 11.5 Å². The van der Waals surface area contributed by atoms with Crippen LogP contribution in [0.15, 0.2) is 103 Å². The second-order valence-electron chi connectivity index (χ2n) is 9.46. The molecule has 4 aromatic rings. The first kappa shape index (κ1) is 24.1. The molecule has 4 aromatic carbocycles. The third kappa shape index (κ3) is 6.51. The van der Waals surface area contributed by atoms with Crippen molar-refractivity contribution < 1.29 is 14.3 Å². The number of hydrogen-bond donors (Lipinski definition) is 1. The van der Waals surface area contributed by atoms with Crippen LogP contribution in [-0.4, -0.2) is 5.91 Å². The minimum absolute atomic E-state index is 0.0192. The number of amides is 1. The molecule has 0 atom stereocenters. The topological polar surface area (TPSA) is 47.6 Å². The highest BCUT2D eigenvalue weighted by molar-refractivity contribution is 6.06. The Labute approximate surface area is 207 Å². The lowest BCUT2D eigenvalue weighted by atomic mass is 9.87. The van der Waals surface area contributed by atoms with Crippen LogP contribution >= 0.6 is 0 Å². The molecule has 35 heavy (non-hydrogen) atoms. The summed E-state index contributed by atoms with van der Waals surface area (Å²) in [7, 11) is 0. The third-order valence-corrected chi connectivity index (χ3v) is 5.71. The van der Waals surface area contributed by atoms with E-state index in [-0.39, 0.29) is 11.3 Å². The highest BCUT2D eigenvalue weighted by Crippen LogP contribution is 2.36. The predicted molar refractivity (Wildman–Crippen MR) is 141 cm³/mol. The summed E-state index contributed by atoms with van der Waals surface area (Å²) in [5.41, 5.74) is 4.36. The molecule has 0 saturated heterocycles. The van der Waals surface area contributed by atoms with Gasteiger partial charge in [-0.1, -0.05) is 99.6 Å². The summed E-state index contributed by atoms with van der Waals surface area (Å²) in [6.45, 7) is 7.22. The number of carbonyl (C=O) groups is 1. The molecule has 0 fully saturated rings. The molecule has 0 heterocycles. The molecule has 4 rings (SSSR count). The van der Waals surface area contributed by atoms with Crippen molar-refractivity contribution in [1.29, 1.82) is 0 Å². The Kier molecular flexibility index (Phi) is 7.51. The smallest absolute Gasteiger partial charge is 0.255 e. The quantitative estimate of drug-likeness (QED) is 0.295. The second kappa shape index (κ2) is 10.9. The first-order valence-electron chi connectivity index (χ1n) is 11.8. The van der Waals surface area contributed by atoms with E-state index >= 15 is 0 Å². The molecule has 0 aliphatic carbocycles. The van der Waals surface area contributed by atoms with Gasteiger partial charge in [0, 0.05) is 5.56 Å². The predicted octanol–water partition coefficient (Wildman–Crippen LogP) is 7.39. The Morgan fingerprint density at radius 3 is 1.60 bits per heavy atom. The van der Waals surface area contributed by atoms with E-state index in [9.17, 15) is 4.79 Å². The average Bonchev–Trinajstić information content (AvgIpc) is 2.88. The summed E-state index contributed by atoms with van der Waals surface area (Å²) in [6.07, 6.45) is 0. The largest absolute Gasteiger partial charge is 0.487 e. The zero-order chi connectivity index (χ0) is 24.7. The first-order chi connectivity index (χ1) is 16.9. The van der Waals surface area contributed by atoms with Gasteiger partial charge in [0.1, 0.15) is 30.4 Å². The van der Waals surface area contributed by atoms with E-state index in [4.69, 9.17) is 9.47 Å². The van der Waals surface area contributed by atoms with Crippen LogP contribution in [0.3, 0.4) is 0 Å². The van der Waals surface area contributed by atoms with Crippen LogP contribution in [0.4, 0.5) is 5.69 Å². The van der Waals surface area contributed by atoms with Gasteiger partial charge in [0.05, 0.1) is 0 Å². The molecular weight excluding hydrogens is 434 g/mol. The summed E-state index contributed by atoms with van der Waals surface area (Å²) >= 11 is 0. The lowest BCUT2D eigenvalue weighted by Gasteiger charge is -2.19. The normalized spacial score (nSPS) is 11.1.